The lowest BCUT2D eigenvalue weighted by molar-refractivity contribution is -0.137. The fourth-order valence-corrected chi connectivity index (χ4v) is 4.35. The number of halogens is 4. The summed E-state index contributed by atoms with van der Waals surface area (Å²) in [7, 11) is 0. The molecule has 0 N–H and O–H groups in total. The van der Waals surface area contributed by atoms with Crippen molar-refractivity contribution in [2.24, 2.45) is 0 Å². The first kappa shape index (κ1) is 22.0. The highest BCUT2D eigenvalue weighted by molar-refractivity contribution is 6.09. The highest BCUT2D eigenvalue weighted by Gasteiger charge is 2.31. The number of aromatic nitrogens is 3. The Morgan fingerprint density at radius 2 is 1.25 bits per heavy atom. The predicted molar refractivity (Wildman–Crippen MR) is 129 cm³/mol. The minimum Gasteiger partial charge on any atom is -0.416 e. The number of rotatable bonds is 3. The van der Waals surface area contributed by atoms with Crippen molar-refractivity contribution in [3.05, 3.63) is 102 Å². The van der Waals surface area contributed by atoms with E-state index in [1.54, 1.807) is 34.9 Å². The lowest BCUT2D eigenvalue weighted by Crippen LogP contribution is -2.05. The second kappa shape index (κ2) is 8.05. The van der Waals surface area contributed by atoms with Crippen molar-refractivity contribution < 1.29 is 22.0 Å². The van der Waals surface area contributed by atoms with Gasteiger partial charge in [0.05, 0.1) is 16.6 Å². The first-order valence-corrected chi connectivity index (χ1v) is 11.1. The number of hydrogen-bond acceptors (Lipinski definition) is 3. The molecule has 4 nitrogen and oxygen atoms in total. The fourth-order valence-electron chi connectivity index (χ4n) is 4.35. The second-order valence-electron chi connectivity index (χ2n) is 8.55. The third-order valence-corrected chi connectivity index (χ3v) is 6.15. The minimum atomic E-state index is -4.50. The summed E-state index contributed by atoms with van der Waals surface area (Å²) >= 11 is 0. The van der Waals surface area contributed by atoms with Gasteiger partial charge in [-0.25, -0.2) is 4.39 Å². The summed E-state index contributed by atoms with van der Waals surface area (Å²) in [5.41, 5.74) is 3.15. The number of hydrogen-bond donors (Lipinski definition) is 0. The first-order valence-electron chi connectivity index (χ1n) is 11.1. The molecule has 0 atom stereocenters. The van der Waals surface area contributed by atoms with Gasteiger partial charge in [0.15, 0.2) is 0 Å². The van der Waals surface area contributed by atoms with Crippen LogP contribution in [-0.2, 0) is 6.18 Å². The number of alkyl halides is 3. The monoisotopic (exact) mass is 487 g/mol. The molecule has 178 valence electrons. The SMILES string of the molecule is Cc1ccc(-c2nnc(-c3ccc(-n4c5cc(F)ccc5c5ccc(C(F)(F)F)cc54)cc3)o2)cc1. The molecule has 36 heavy (non-hydrogen) atoms. The van der Waals surface area contributed by atoms with Crippen molar-refractivity contribution in [2.75, 3.05) is 0 Å². The maximum Gasteiger partial charge on any atom is 0.416 e. The molecule has 0 saturated heterocycles. The lowest BCUT2D eigenvalue weighted by Gasteiger charge is -2.10. The standard InChI is InChI=1S/C28H17F4N3O/c1-16-2-4-17(5-3-16)26-33-34-27(36-26)18-6-10-21(11-7-18)35-24-14-19(28(30,31)32)8-12-22(24)23-13-9-20(29)15-25(23)35/h2-15H,1H3. The smallest absolute Gasteiger partial charge is 0.416 e. The molecule has 0 aliphatic carbocycles. The van der Waals surface area contributed by atoms with Gasteiger partial charge in [-0.05, 0) is 73.7 Å². The van der Waals surface area contributed by atoms with Crippen molar-refractivity contribution in [3.8, 4) is 28.6 Å². The molecule has 0 unspecified atom stereocenters. The van der Waals surface area contributed by atoms with Gasteiger partial charge in [0.2, 0.25) is 11.8 Å². The molecule has 6 rings (SSSR count). The summed E-state index contributed by atoms with van der Waals surface area (Å²) < 4.78 is 62.0. The van der Waals surface area contributed by atoms with Gasteiger partial charge in [0.25, 0.3) is 0 Å². The Balaban J connectivity index is 1.45. The van der Waals surface area contributed by atoms with E-state index in [4.69, 9.17) is 4.42 Å². The molecule has 0 aliphatic rings. The van der Waals surface area contributed by atoms with E-state index >= 15 is 0 Å². The molecule has 0 bridgehead atoms. The largest absolute Gasteiger partial charge is 0.416 e. The second-order valence-corrected chi connectivity index (χ2v) is 8.55. The van der Waals surface area contributed by atoms with Gasteiger partial charge in [0.1, 0.15) is 5.82 Å². The van der Waals surface area contributed by atoms with E-state index in [1.807, 2.05) is 31.2 Å². The summed E-state index contributed by atoms with van der Waals surface area (Å²) in [5.74, 6) is 0.213. The van der Waals surface area contributed by atoms with Crippen LogP contribution in [0.2, 0.25) is 0 Å². The van der Waals surface area contributed by atoms with Crippen LogP contribution in [0.15, 0.2) is 89.3 Å². The Morgan fingerprint density at radius 3 is 1.86 bits per heavy atom. The van der Waals surface area contributed by atoms with Crippen LogP contribution in [0.5, 0.6) is 0 Å². The van der Waals surface area contributed by atoms with Crippen LogP contribution >= 0.6 is 0 Å². The summed E-state index contributed by atoms with van der Waals surface area (Å²) in [6.07, 6.45) is -4.50. The molecule has 0 saturated carbocycles. The summed E-state index contributed by atoms with van der Waals surface area (Å²) in [6, 6.07) is 22.4. The van der Waals surface area contributed by atoms with Gasteiger partial charge < -0.3 is 8.98 Å². The summed E-state index contributed by atoms with van der Waals surface area (Å²) in [4.78, 5) is 0. The Labute approximate surface area is 202 Å². The molecule has 0 radical (unpaired) electrons. The average molecular weight is 487 g/mol. The third-order valence-electron chi connectivity index (χ3n) is 6.15. The van der Waals surface area contributed by atoms with Gasteiger partial charge >= 0.3 is 6.18 Å². The van der Waals surface area contributed by atoms with Crippen molar-refractivity contribution in [2.45, 2.75) is 13.1 Å². The molecule has 2 aromatic heterocycles. The van der Waals surface area contributed by atoms with Crippen LogP contribution in [-0.4, -0.2) is 14.8 Å². The first-order chi connectivity index (χ1) is 17.3. The summed E-state index contributed by atoms with van der Waals surface area (Å²) in [6.45, 7) is 1.99. The fraction of sp³-hybridized carbons (Fsp3) is 0.0714. The van der Waals surface area contributed by atoms with Crippen LogP contribution < -0.4 is 0 Å². The predicted octanol–water partition coefficient (Wildman–Crippen LogP) is 7.97. The molecule has 4 aromatic carbocycles. The van der Waals surface area contributed by atoms with Crippen LogP contribution in [0.3, 0.4) is 0 Å². The van der Waals surface area contributed by atoms with E-state index in [1.165, 1.54) is 18.2 Å². The van der Waals surface area contributed by atoms with E-state index in [0.29, 0.717) is 44.8 Å². The zero-order valence-electron chi connectivity index (χ0n) is 18.8. The third kappa shape index (κ3) is 3.71. The zero-order valence-corrected chi connectivity index (χ0v) is 18.8. The molecule has 0 amide bonds. The Morgan fingerprint density at radius 1 is 0.694 bits per heavy atom. The van der Waals surface area contributed by atoms with E-state index in [2.05, 4.69) is 10.2 Å². The lowest BCUT2D eigenvalue weighted by atomic mass is 10.1. The normalized spacial score (nSPS) is 12.0. The van der Waals surface area contributed by atoms with Crippen molar-refractivity contribution >= 4 is 21.8 Å². The van der Waals surface area contributed by atoms with E-state index in [-0.39, 0.29) is 0 Å². The summed E-state index contributed by atoms with van der Waals surface area (Å²) in [5, 5.41) is 9.50. The molecule has 8 heteroatoms. The van der Waals surface area contributed by atoms with Crippen LogP contribution in [0.4, 0.5) is 17.6 Å². The molecule has 0 aliphatic heterocycles. The number of benzene rings is 4. The van der Waals surface area contributed by atoms with Gasteiger partial charge in [-0.1, -0.05) is 23.8 Å². The Bertz CT molecular complexity index is 1730. The molecule has 0 spiro atoms. The zero-order chi connectivity index (χ0) is 25.0. The van der Waals surface area contributed by atoms with E-state index in [0.717, 1.165) is 23.3 Å². The van der Waals surface area contributed by atoms with Crippen molar-refractivity contribution in [3.63, 3.8) is 0 Å². The van der Waals surface area contributed by atoms with Crippen LogP contribution in [0.25, 0.3) is 50.4 Å². The quantitative estimate of drug-likeness (QED) is 0.238. The highest BCUT2D eigenvalue weighted by Crippen LogP contribution is 2.37. The number of aryl methyl sites for hydroxylation is 1. The Kier molecular flexibility index (Phi) is 4.93. The topological polar surface area (TPSA) is 43.9 Å². The number of nitrogens with zero attached hydrogens (tertiary/aromatic N) is 3. The molecule has 6 aromatic rings. The Hall–Kier alpha value is -4.46. The molecule has 2 heterocycles. The van der Waals surface area contributed by atoms with Crippen LogP contribution in [0.1, 0.15) is 11.1 Å². The average Bonchev–Trinajstić information content (AvgIpc) is 3.47. The van der Waals surface area contributed by atoms with Crippen molar-refractivity contribution in [1.29, 1.82) is 0 Å². The van der Waals surface area contributed by atoms with Gasteiger partial charge in [0, 0.05) is 27.6 Å². The minimum absolute atomic E-state index is 0.310. The molecular weight excluding hydrogens is 470 g/mol. The van der Waals surface area contributed by atoms with Gasteiger partial charge in [-0.3, -0.25) is 0 Å². The number of fused-ring (bicyclic) bond motifs is 3. The maximum atomic E-state index is 14.2. The van der Waals surface area contributed by atoms with Gasteiger partial charge in [-0.2, -0.15) is 13.2 Å². The van der Waals surface area contributed by atoms with Crippen molar-refractivity contribution in [1.82, 2.24) is 14.8 Å². The maximum absolute atomic E-state index is 14.2. The van der Waals surface area contributed by atoms with E-state index in [9.17, 15) is 17.6 Å². The van der Waals surface area contributed by atoms with Gasteiger partial charge in [-0.15, -0.1) is 10.2 Å². The van der Waals surface area contributed by atoms with Crippen LogP contribution in [0, 0.1) is 12.7 Å². The van der Waals surface area contributed by atoms with E-state index < -0.39 is 17.6 Å². The molecule has 0 fully saturated rings. The molecular formula is C28H17F4N3O. The highest BCUT2D eigenvalue weighted by atomic mass is 19.4.